The van der Waals surface area contributed by atoms with Crippen molar-refractivity contribution < 1.29 is 10.1 Å². The van der Waals surface area contributed by atoms with E-state index in [2.05, 4.69) is 4.81 Å². The summed E-state index contributed by atoms with van der Waals surface area (Å²) < 4.78 is 0. The maximum Gasteiger partial charge on any atom is 0.343 e. The Kier molecular flexibility index (Phi) is 3.97. The Hall–Kier alpha value is -0.0151. The maximum atomic E-state index is 7.51. The van der Waals surface area contributed by atoms with Crippen molar-refractivity contribution >= 4 is 7.48 Å². The molecule has 0 unspecified atom stereocenters. The van der Waals surface area contributed by atoms with Crippen LogP contribution in [0.5, 0.6) is 0 Å². The molecule has 0 aliphatic heterocycles. The molecule has 5 heavy (non-hydrogen) atoms. The van der Waals surface area contributed by atoms with Gasteiger partial charge in [-0.25, -0.2) is 0 Å². The van der Waals surface area contributed by atoms with E-state index in [1.165, 1.54) is 7.48 Å². The molecular formula is C2H6BO2. The van der Waals surface area contributed by atoms with Crippen LogP contribution in [-0.4, -0.2) is 12.7 Å². The minimum atomic E-state index is 0.747. The van der Waals surface area contributed by atoms with Crippen molar-refractivity contribution in [3.63, 3.8) is 0 Å². The summed E-state index contributed by atoms with van der Waals surface area (Å²) in [5.41, 5.74) is 0. The van der Waals surface area contributed by atoms with E-state index in [0.717, 1.165) is 6.32 Å². The van der Waals surface area contributed by atoms with Gasteiger partial charge in [0.25, 0.3) is 0 Å². The number of hydrogen-bond donors (Lipinski definition) is 1. The first-order chi connectivity index (χ1) is 2.41. The summed E-state index contributed by atoms with van der Waals surface area (Å²) in [4.78, 5) is 3.57. The van der Waals surface area contributed by atoms with Gasteiger partial charge in [0.2, 0.25) is 0 Å². The molecule has 0 aromatic rings. The average Bonchev–Trinajstić information content (AvgIpc) is 1.41. The summed E-state index contributed by atoms with van der Waals surface area (Å²) >= 11 is 0. The zero-order valence-corrected chi connectivity index (χ0v) is 3.14. The second-order valence-electron chi connectivity index (χ2n) is 0.680. The molecule has 29 valence electrons. The van der Waals surface area contributed by atoms with Crippen LogP contribution in [0.1, 0.15) is 6.92 Å². The Balaban J connectivity index is 2.19. The molecule has 0 spiro atoms. The predicted octanol–water partition coefficient (Wildman–Crippen LogP) is 0.533. The van der Waals surface area contributed by atoms with Gasteiger partial charge in [0.1, 0.15) is 0 Å². The van der Waals surface area contributed by atoms with Gasteiger partial charge in [-0.15, -0.1) is 0 Å². The lowest BCUT2D eigenvalue weighted by atomic mass is 9.99. The van der Waals surface area contributed by atoms with Gasteiger partial charge in [-0.3, -0.25) is 5.26 Å². The topological polar surface area (TPSA) is 29.5 Å². The Labute approximate surface area is 32.0 Å². The van der Waals surface area contributed by atoms with Gasteiger partial charge >= 0.3 is 7.48 Å². The molecule has 0 fully saturated rings. The normalized spacial score (nSPS) is 7.60. The minimum absolute atomic E-state index is 0.747. The van der Waals surface area contributed by atoms with Crippen molar-refractivity contribution in [2.45, 2.75) is 13.2 Å². The molecule has 0 aromatic carbocycles. The second-order valence-corrected chi connectivity index (χ2v) is 0.680. The fourth-order valence-corrected chi connectivity index (χ4v) is 0.0745. The van der Waals surface area contributed by atoms with E-state index < -0.39 is 0 Å². The Morgan fingerprint density at radius 2 is 2.60 bits per heavy atom. The summed E-state index contributed by atoms with van der Waals surface area (Å²) in [6.45, 7) is 1.87. The van der Waals surface area contributed by atoms with Crippen LogP contribution in [0.15, 0.2) is 0 Å². The van der Waals surface area contributed by atoms with Gasteiger partial charge in [0.15, 0.2) is 0 Å². The lowest BCUT2D eigenvalue weighted by Crippen LogP contribution is -1.87. The monoisotopic (exact) mass is 73.0 g/mol. The molecule has 0 atom stereocenters. The van der Waals surface area contributed by atoms with Gasteiger partial charge in [-0.1, -0.05) is 13.2 Å². The third kappa shape index (κ3) is 3.98. The molecule has 1 radical (unpaired) electrons. The van der Waals surface area contributed by atoms with Crippen LogP contribution in [-0.2, 0) is 4.81 Å². The van der Waals surface area contributed by atoms with Crippen LogP contribution in [0, 0.1) is 0 Å². The van der Waals surface area contributed by atoms with Gasteiger partial charge in [-0.2, -0.15) is 0 Å². The first-order valence-electron chi connectivity index (χ1n) is 1.53. The average molecular weight is 72.9 g/mol. The highest BCUT2D eigenvalue weighted by Gasteiger charge is 1.76. The SMILES string of the molecule is CC[B]OO. The van der Waals surface area contributed by atoms with Crippen LogP contribution in [0.25, 0.3) is 0 Å². The molecule has 0 rings (SSSR count). The zero-order valence-electron chi connectivity index (χ0n) is 3.14. The van der Waals surface area contributed by atoms with Gasteiger partial charge < -0.3 is 4.81 Å². The summed E-state index contributed by atoms with van der Waals surface area (Å²) in [5.74, 6) is 0. The minimum Gasteiger partial charge on any atom is -0.314 e. The van der Waals surface area contributed by atoms with Gasteiger partial charge in [-0.05, 0) is 0 Å². The molecule has 0 bridgehead atoms. The fourth-order valence-electron chi connectivity index (χ4n) is 0.0745. The molecule has 0 aromatic heterocycles. The van der Waals surface area contributed by atoms with Gasteiger partial charge in [0, 0.05) is 0 Å². The highest BCUT2D eigenvalue weighted by atomic mass is 17.1. The molecular weight excluding hydrogens is 66.8 g/mol. The maximum absolute atomic E-state index is 7.51. The van der Waals surface area contributed by atoms with Crippen LogP contribution in [0.2, 0.25) is 6.32 Å². The fraction of sp³-hybridized carbons (Fsp3) is 1.00. The molecule has 3 heteroatoms. The van der Waals surface area contributed by atoms with E-state index >= 15 is 0 Å². The Morgan fingerprint density at radius 3 is 2.60 bits per heavy atom. The molecule has 0 heterocycles. The van der Waals surface area contributed by atoms with E-state index in [0.29, 0.717) is 0 Å². The molecule has 2 nitrogen and oxygen atoms in total. The molecule has 0 aliphatic rings. The predicted molar refractivity (Wildman–Crippen MR) is 19.9 cm³/mol. The smallest absolute Gasteiger partial charge is 0.314 e. The van der Waals surface area contributed by atoms with Gasteiger partial charge in [0.05, 0.1) is 0 Å². The van der Waals surface area contributed by atoms with E-state index in [-0.39, 0.29) is 0 Å². The standard InChI is InChI=1S/C2H6BO2/c1-2-3-5-4/h4H,2H2,1H3. The van der Waals surface area contributed by atoms with E-state index in [1.54, 1.807) is 0 Å². The Morgan fingerprint density at radius 1 is 2.00 bits per heavy atom. The zero-order chi connectivity index (χ0) is 4.12. The summed E-state index contributed by atoms with van der Waals surface area (Å²) in [7, 11) is 1.31. The highest BCUT2D eigenvalue weighted by molar-refractivity contribution is 6.26. The third-order valence-electron chi connectivity index (χ3n) is 0.241. The molecule has 0 saturated carbocycles. The largest absolute Gasteiger partial charge is 0.343 e. The lowest BCUT2D eigenvalue weighted by molar-refractivity contribution is -0.137. The third-order valence-corrected chi connectivity index (χ3v) is 0.241. The van der Waals surface area contributed by atoms with Crippen LogP contribution < -0.4 is 0 Å². The Bertz CT molecular complexity index is 15.1. The first-order valence-corrected chi connectivity index (χ1v) is 1.53. The van der Waals surface area contributed by atoms with E-state index in [9.17, 15) is 0 Å². The molecule has 0 saturated heterocycles. The number of rotatable bonds is 2. The first kappa shape index (κ1) is 4.98. The molecule has 0 aliphatic carbocycles. The molecule has 1 N–H and O–H groups in total. The van der Waals surface area contributed by atoms with E-state index in [1.807, 2.05) is 6.92 Å². The van der Waals surface area contributed by atoms with Crippen LogP contribution in [0.4, 0.5) is 0 Å². The van der Waals surface area contributed by atoms with Crippen LogP contribution >= 0.6 is 0 Å². The highest BCUT2D eigenvalue weighted by Crippen LogP contribution is 1.68. The van der Waals surface area contributed by atoms with Crippen molar-refractivity contribution in [2.24, 2.45) is 0 Å². The van der Waals surface area contributed by atoms with Crippen molar-refractivity contribution in [3.8, 4) is 0 Å². The van der Waals surface area contributed by atoms with E-state index in [4.69, 9.17) is 5.26 Å². The number of hydrogen-bond acceptors (Lipinski definition) is 2. The van der Waals surface area contributed by atoms with Crippen molar-refractivity contribution in [1.29, 1.82) is 0 Å². The van der Waals surface area contributed by atoms with Crippen molar-refractivity contribution in [2.75, 3.05) is 0 Å². The summed E-state index contributed by atoms with van der Waals surface area (Å²) in [6.07, 6.45) is 0.747. The van der Waals surface area contributed by atoms with Crippen LogP contribution in [0.3, 0.4) is 0 Å². The lowest BCUT2D eigenvalue weighted by Gasteiger charge is -1.78. The molecule has 0 amide bonds. The quantitative estimate of drug-likeness (QED) is 0.293. The van der Waals surface area contributed by atoms with Crippen molar-refractivity contribution in [1.82, 2.24) is 0 Å². The summed E-state index contributed by atoms with van der Waals surface area (Å²) in [5, 5.41) is 7.51. The summed E-state index contributed by atoms with van der Waals surface area (Å²) in [6, 6.07) is 0. The second kappa shape index (κ2) is 3.98. The van der Waals surface area contributed by atoms with Crippen molar-refractivity contribution in [3.05, 3.63) is 0 Å².